The lowest BCUT2D eigenvalue weighted by Crippen LogP contribution is -1.67. The molecular formula is C12H12Si. The van der Waals surface area contributed by atoms with Gasteiger partial charge in [-0.25, -0.2) is 0 Å². The Hall–Kier alpha value is -1.52. The molecular weight excluding hydrogens is 172 g/mol. The van der Waals surface area contributed by atoms with Crippen LogP contribution in [0.2, 0.25) is 0 Å². The van der Waals surface area contributed by atoms with Crippen molar-refractivity contribution in [2.24, 2.45) is 0 Å². The average molecular weight is 184 g/mol. The van der Waals surface area contributed by atoms with Crippen LogP contribution in [0.25, 0.3) is 10.8 Å². The summed E-state index contributed by atoms with van der Waals surface area (Å²) in [4.78, 5) is 0. The fourth-order valence-electron chi connectivity index (χ4n) is 1.13. The van der Waals surface area contributed by atoms with Gasteiger partial charge in [-0.05, 0) is 10.8 Å². The zero-order valence-electron chi connectivity index (χ0n) is 7.70. The van der Waals surface area contributed by atoms with Gasteiger partial charge >= 0.3 is 0 Å². The van der Waals surface area contributed by atoms with Gasteiger partial charge in [-0.2, -0.15) is 0 Å². The third-order valence-electron chi connectivity index (χ3n) is 1.66. The van der Waals surface area contributed by atoms with Crippen molar-refractivity contribution in [3.63, 3.8) is 0 Å². The lowest BCUT2D eigenvalue weighted by Gasteiger charge is -1.92. The van der Waals surface area contributed by atoms with E-state index in [0.29, 0.717) is 0 Å². The van der Waals surface area contributed by atoms with Crippen LogP contribution < -0.4 is 0 Å². The number of hydrogen-bond donors (Lipinski definition) is 0. The number of hydrogen-bond acceptors (Lipinski definition) is 0. The van der Waals surface area contributed by atoms with E-state index in [9.17, 15) is 0 Å². The van der Waals surface area contributed by atoms with Crippen LogP contribution in [0.15, 0.2) is 48.5 Å². The summed E-state index contributed by atoms with van der Waals surface area (Å²) in [7, 11) is 0.897. The van der Waals surface area contributed by atoms with Crippen LogP contribution in [0.4, 0.5) is 0 Å². The molecule has 0 aromatic heterocycles. The Labute approximate surface area is 82.0 Å². The first-order valence-electron chi connectivity index (χ1n) is 4.19. The van der Waals surface area contributed by atoms with Gasteiger partial charge in [-0.3, -0.25) is 0 Å². The van der Waals surface area contributed by atoms with Crippen molar-refractivity contribution in [3.8, 4) is 12.0 Å². The van der Waals surface area contributed by atoms with E-state index in [1.54, 1.807) is 0 Å². The van der Waals surface area contributed by atoms with E-state index in [1.807, 2.05) is 0 Å². The van der Waals surface area contributed by atoms with Crippen LogP contribution in [0.5, 0.6) is 0 Å². The van der Waals surface area contributed by atoms with E-state index < -0.39 is 0 Å². The molecule has 0 saturated heterocycles. The zero-order valence-corrected chi connectivity index (χ0v) is 9.70. The topological polar surface area (TPSA) is 0 Å². The molecule has 0 nitrogen and oxygen atoms in total. The van der Waals surface area contributed by atoms with Crippen molar-refractivity contribution >= 4 is 21.0 Å². The van der Waals surface area contributed by atoms with Crippen LogP contribution in [0.1, 0.15) is 0 Å². The van der Waals surface area contributed by atoms with Gasteiger partial charge in [0.2, 0.25) is 0 Å². The molecule has 0 spiro atoms. The highest BCUT2D eigenvalue weighted by molar-refractivity contribution is 6.21. The molecule has 0 fully saturated rings. The van der Waals surface area contributed by atoms with Crippen LogP contribution in [0.3, 0.4) is 0 Å². The summed E-state index contributed by atoms with van der Waals surface area (Å²) < 4.78 is 0. The van der Waals surface area contributed by atoms with Crippen molar-refractivity contribution in [2.75, 3.05) is 0 Å². The van der Waals surface area contributed by atoms with E-state index >= 15 is 0 Å². The first-order chi connectivity index (χ1) is 6.38. The second-order valence-corrected chi connectivity index (χ2v) is 3.21. The number of benzene rings is 2. The van der Waals surface area contributed by atoms with E-state index in [4.69, 9.17) is 0 Å². The largest absolute Gasteiger partial charge is 0.147 e. The summed E-state index contributed by atoms with van der Waals surface area (Å²) >= 11 is 0. The molecule has 0 aliphatic heterocycles. The fraction of sp³-hybridized carbons (Fsp3) is 0. The Kier molecular flexibility index (Phi) is 3.81. The van der Waals surface area contributed by atoms with Gasteiger partial charge in [0, 0.05) is 0 Å². The normalized spacial score (nSPS) is 8.54. The highest BCUT2D eigenvalue weighted by Gasteiger charge is 1.85. The van der Waals surface area contributed by atoms with Gasteiger partial charge in [-0.15, -0.1) is 12.0 Å². The van der Waals surface area contributed by atoms with Crippen LogP contribution >= 0.6 is 0 Å². The van der Waals surface area contributed by atoms with Gasteiger partial charge in [0.25, 0.3) is 0 Å². The van der Waals surface area contributed by atoms with Crippen LogP contribution in [-0.2, 0) is 0 Å². The molecule has 0 bridgehead atoms. The monoisotopic (exact) mass is 184 g/mol. The van der Waals surface area contributed by atoms with E-state index in [-0.39, 0.29) is 0 Å². The Morgan fingerprint density at radius 3 is 1.31 bits per heavy atom. The third kappa shape index (κ3) is 2.77. The summed E-state index contributed by atoms with van der Waals surface area (Å²) in [6, 6.07) is 16.7. The molecule has 1 heteroatoms. The molecule has 0 radical (unpaired) electrons. The van der Waals surface area contributed by atoms with Crippen molar-refractivity contribution in [1.29, 1.82) is 0 Å². The maximum atomic E-state index is 4.66. The molecule has 2 aromatic rings. The summed E-state index contributed by atoms with van der Waals surface area (Å²) in [5.41, 5.74) is 2.39. The standard InChI is InChI=1S/C10H8.C2H4Si/c1-2-6-10-8-4-3-7-9(10)5-1;1-2-3/h1-8H;1H,3H3. The van der Waals surface area contributed by atoms with Crippen LogP contribution in [0, 0.1) is 12.0 Å². The zero-order chi connectivity index (χ0) is 9.52. The minimum absolute atomic E-state index is 0.897. The minimum atomic E-state index is 0.897. The number of rotatable bonds is 0. The maximum Gasteiger partial charge on any atom is 0.0902 e. The molecule has 2 aromatic carbocycles. The lowest BCUT2D eigenvalue weighted by molar-refractivity contribution is 1.75. The highest BCUT2D eigenvalue weighted by atomic mass is 28.1. The van der Waals surface area contributed by atoms with Gasteiger partial charge in [0.1, 0.15) is 0 Å². The SMILES string of the molecule is C#C[SiH3].c1ccc2ccccc2c1. The molecule has 0 amide bonds. The molecule has 64 valence electrons. The first-order valence-corrected chi connectivity index (χ1v) is 5.19. The maximum absolute atomic E-state index is 4.66. The fourth-order valence-corrected chi connectivity index (χ4v) is 1.13. The Bertz CT molecular complexity index is 347. The number of terminal acetylenes is 1. The lowest BCUT2D eigenvalue weighted by atomic mass is 10.1. The molecule has 0 heterocycles. The summed E-state index contributed by atoms with van der Waals surface area (Å²) in [5, 5.41) is 2.62. The Balaban J connectivity index is 0.000000251. The van der Waals surface area contributed by atoms with Crippen molar-refractivity contribution in [3.05, 3.63) is 48.5 Å². The molecule has 0 aliphatic rings. The quantitative estimate of drug-likeness (QED) is 0.432. The predicted molar refractivity (Wildman–Crippen MR) is 62.7 cm³/mol. The first kappa shape index (κ1) is 9.56. The summed E-state index contributed by atoms with van der Waals surface area (Å²) in [6.07, 6.45) is 4.66. The average Bonchev–Trinajstić information content (AvgIpc) is 2.19. The van der Waals surface area contributed by atoms with Gasteiger partial charge in [-0.1, -0.05) is 48.5 Å². The Morgan fingerprint density at radius 2 is 1.08 bits per heavy atom. The second-order valence-electron chi connectivity index (χ2n) is 2.64. The predicted octanol–water partition coefficient (Wildman–Crippen LogP) is 1.78. The highest BCUT2D eigenvalue weighted by Crippen LogP contribution is 2.11. The van der Waals surface area contributed by atoms with Gasteiger partial charge in [0.15, 0.2) is 0 Å². The van der Waals surface area contributed by atoms with Crippen molar-refractivity contribution in [2.45, 2.75) is 0 Å². The van der Waals surface area contributed by atoms with Gasteiger partial charge in [0.05, 0.1) is 10.2 Å². The Morgan fingerprint density at radius 1 is 0.846 bits per heavy atom. The third-order valence-corrected chi connectivity index (χ3v) is 1.66. The molecule has 0 atom stereocenters. The molecule has 2 rings (SSSR count). The van der Waals surface area contributed by atoms with E-state index in [0.717, 1.165) is 10.2 Å². The molecule has 13 heavy (non-hydrogen) atoms. The number of fused-ring (bicyclic) bond motifs is 1. The van der Waals surface area contributed by atoms with Crippen LogP contribution in [-0.4, -0.2) is 10.2 Å². The summed E-state index contributed by atoms with van der Waals surface area (Å²) in [6.45, 7) is 0. The van der Waals surface area contributed by atoms with Gasteiger partial charge < -0.3 is 0 Å². The van der Waals surface area contributed by atoms with E-state index in [2.05, 4.69) is 60.5 Å². The minimum Gasteiger partial charge on any atom is -0.147 e. The van der Waals surface area contributed by atoms with Crippen molar-refractivity contribution in [1.82, 2.24) is 0 Å². The van der Waals surface area contributed by atoms with Crippen molar-refractivity contribution < 1.29 is 0 Å². The second kappa shape index (κ2) is 5.18. The molecule has 0 unspecified atom stereocenters. The molecule has 0 aliphatic carbocycles. The molecule has 0 N–H and O–H groups in total. The summed E-state index contributed by atoms with van der Waals surface area (Å²) in [5.74, 6) is 0. The van der Waals surface area contributed by atoms with E-state index in [1.165, 1.54) is 10.8 Å². The smallest absolute Gasteiger partial charge is 0.0902 e. The molecule has 0 saturated carbocycles.